The number of hydrogen-bond acceptors (Lipinski definition) is 3. The van der Waals surface area contributed by atoms with Crippen LogP contribution in [0.2, 0.25) is 0 Å². The molecule has 104 valence electrons. The van der Waals surface area contributed by atoms with Crippen LogP contribution in [0.1, 0.15) is 52.9 Å². The van der Waals surface area contributed by atoms with Gasteiger partial charge in [0.15, 0.2) is 0 Å². The van der Waals surface area contributed by atoms with E-state index in [9.17, 15) is 4.79 Å². The van der Waals surface area contributed by atoms with E-state index in [1.807, 2.05) is 6.92 Å². The molecule has 0 saturated carbocycles. The first-order chi connectivity index (χ1) is 8.46. The third kappa shape index (κ3) is 2.55. The van der Waals surface area contributed by atoms with E-state index in [1.54, 1.807) is 0 Å². The highest BCUT2D eigenvalue weighted by atomic mass is 32.1. The van der Waals surface area contributed by atoms with Crippen molar-refractivity contribution in [2.75, 3.05) is 13.1 Å². The summed E-state index contributed by atoms with van der Waals surface area (Å²) in [5.74, 6) is 0.307. The first-order valence-electron chi connectivity index (χ1n) is 7.20. The number of nitrogens with zero attached hydrogens (tertiary/aromatic N) is 2. The van der Waals surface area contributed by atoms with Crippen LogP contribution in [0.4, 0.5) is 0 Å². The van der Waals surface area contributed by atoms with Gasteiger partial charge in [0.1, 0.15) is 0 Å². The lowest BCUT2D eigenvalue weighted by Gasteiger charge is -2.53. The maximum atomic E-state index is 12.2. The SMILES string of the molecule is CC(C)N1CCC2(CCCC(=O)N2C(C)S)CC1. The monoisotopic (exact) mass is 270 g/mol. The highest BCUT2D eigenvalue weighted by Crippen LogP contribution is 2.40. The average molecular weight is 270 g/mol. The number of piperidine rings is 2. The molecular weight excluding hydrogens is 244 g/mol. The zero-order valence-electron chi connectivity index (χ0n) is 11.9. The van der Waals surface area contributed by atoms with E-state index >= 15 is 0 Å². The van der Waals surface area contributed by atoms with Crippen LogP contribution in [0.25, 0.3) is 0 Å². The maximum Gasteiger partial charge on any atom is 0.223 e. The van der Waals surface area contributed by atoms with Gasteiger partial charge in [-0.1, -0.05) is 0 Å². The Bertz CT molecular complexity index is 309. The van der Waals surface area contributed by atoms with Gasteiger partial charge in [-0.05, 0) is 46.5 Å². The van der Waals surface area contributed by atoms with Crippen LogP contribution in [-0.4, -0.2) is 45.8 Å². The summed E-state index contributed by atoms with van der Waals surface area (Å²) in [7, 11) is 0. The molecule has 2 aliphatic heterocycles. The Morgan fingerprint density at radius 1 is 1.17 bits per heavy atom. The number of hydrogen-bond donors (Lipinski definition) is 1. The Morgan fingerprint density at radius 3 is 2.28 bits per heavy atom. The molecule has 18 heavy (non-hydrogen) atoms. The van der Waals surface area contributed by atoms with Crippen molar-refractivity contribution in [1.29, 1.82) is 0 Å². The molecule has 3 nitrogen and oxygen atoms in total. The summed E-state index contributed by atoms with van der Waals surface area (Å²) in [5.41, 5.74) is 0.0991. The Balaban J connectivity index is 2.12. The second-order valence-electron chi connectivity index (χ2n) is 6.10. The molecule has 2 aliphatic rings. The van der Waals surface area contributed by atoms with Crippen LogP contribution in [0.5, 0.6) is 0 Å². The van der Waals surface area contributed by atoms with Crippen molar-refractivity contribution >= 4 is 18.5 Å². The third-order valence-corrected chi connectivity index (χ3v) is 4.88. The third-order valence-electron chi connectivity index (χ3n) is 4.65. The second-order valence-corrected chi connectivity index (χ2v) is 6.85. The summed E-state index contributed by atoms with van der Waals surface area (Å²) in [6.07, 6.45) is 5.15. The molecule has 0 aliphatic carbocycles. The zero-order valence-corrected chi connectivity index (χ0v) is 12.7. The van der Waals surface area contributed by atoms with Crippen LogP contribution in [-0.2, 0) is 4.79 Å². The largest absolute Gasteiger partial charge is 0.325 e. The predicted molar refractivity (Wildman–Crippen MR) is 77.8 cm³/mol. The fourth-order valence-corrected chi connectivity index (χ4v) is 4.00. The number of likely N-dealkylation sites (tertiary alicyclic amines) is 2. The van der Waals surface area contributed by atoms with Crippen molar-refractivity contribution in [3.63, 3.8) is 0 Å². The second kappa shape index (κ2) is 5.41. The lowest BCUT2D eigenvalue weighted by Crippen LogP contribution is -2.61. The number of thiol groups is 1. The molecular formula is C14H26N2OS. The van der Waals surface area contributed by atoms with Crippen molar-refractivity contribution < 1.29 is 4.79 Å². The Hall–Kier alpha value is -0.220. The molecule has 1 unspecified atom stereocenters. The Labute approximate surface area is 116 Å². The standard InChI is InChI=1S/C14H26N2OS/c1-11(2)15-9-7-14(8-10-15)6-4-5-13(17)16(14)12(3)18/h11-12,18H,4-10H2,1-3H3. The van der Waals surface area contributed by atoms with Crippen molar-refractivity contribution in [3.05, 3.63) is 0 Å². The van der Waals surface area contributed by atoms with Gasteiger partial charge in [-0.3, -0.25) is 4.79 Å². The van der Waals surface area contributed by atoms with Gasteiger partial charge in [-0.25, -0.2) is 0 Å². The molecule has 0 aromatic carbocycles. The van der Waals surface area contributed by atoms with E-state index in [0.717, 1.165) is 38.8 Å². The van der Waals surface area contributed by atoms with Gasteiger partial charge in [0.25, 0.3) is 0 Å². The highest BCUT2D eigenvalue weighted by molar-refractivity contribution is 7.80. The van der Waals surface area contributed by atoms with E-state index < -0.39 is 0 Å². The predicted octanol–water partition coefficient (Wildman–Crippen LogP) is 2.52. The van der Waals surface area contributed by atoms with Crippen LogP contribution < -0.4 is 0 Å². The number of carbonyl (C=O) groups excluding carboxylic acids is 1. The molecule has 4 heteroatoms. The lowest BCUT2D eigenvalue weighted by molar-refractivity contribution is -0.146. The van der Waals surface area contributed by atoms with Gasteiger partial charge in [0.05, 0.1) is 5.37 Å². The molecule has 1 amide bonds. The number of rotatable bonds is 2. The van der Waals surface area contributed by atoms with Gasteiger partial charge in [0.2, 0.25) is 5.91 Å². The number of amides is 1. The van der Waals surface area contributed by atoms with Crippen LogP contribution in [0.3, 0.4) is 0 Å². The van der Waals surface area contributed by atoms with E-state index in [0.29, 0.717) is 18.4 Å². The van der Waals surface area contributed by atoms with Gasteiger partial charge in [-0.15, -0.1) is 0 Å². The molecule has 2 rings (SSSR count). The summed E-state index contributed by atoms with van der Waals surface area (Å²) in [6, 6.07) is 0.614. The van der Waals surface area contributed by atoms with Gasteiger partial charge >= 0.3 is 0 Å². The Morgan fingerprint density at radius 2 is 1.78 bits per heavy atom. The number of carbonyl (C=O) groups is 1. The average Bonchev–Trinajstić information content (AvgIpc) is 2.28. The molecule has 1 atom stereocenters. The Kier molecular flexibility index (Phi) is 4.27. The lowest BCUT2D eigenvalue weighted by atomic mass is 9.78. The molecule has 2 heterocycles. The van der Waals surface area contributed by atoms with Crippen LogP contribution >= 0.6 is 12.6 Å². The first kappa shape index (κ1) is 14.2. The minimum atomic E-state index is 0.0448. The minimum Gasteiger partial charge on any atom is -0.325 e. The van der Waals surface area contributed by atoms with E-state index in [1.165, 1.54) is 0 Å². The van der Waals surface area contributed by atoms with Crippen molar-refractivity contribution in [2.45, 2.75) is 69.8 Å². The summed E-state index contributed by atoms with van der Waals surface area (Å²) < 4.78 is 0. The zero-order chi connectivity index (χ0) is 13.3. The molecule has 0 N–H and O–H groups in total. The molecule has 2 fully saturated rings. The molecule has 0 bridgehead atoms. The molecule has 1 spiro atoms. The molecule has 2 saturated heterocycles. The first-order valence-corrected chi connectivity index (χ1v) is 7.72. The smallest absolute Gasteiger partial charge is 0.223 e. The topological polar surface area (TPSA) is 23.6 Å². The summed E-state index contributed by atoms with van der Waals surface area (Å²) in [4.78, 5) is 16.8. The highest BCUT2D eigenvalue weighted by Gasteiger charge is 2.45. The van der Waals surface area contributed by atoms with E-state index in [2.05, 4.69) is 36.3 Å². The normalized spacial score (nSPS) is 26.9. The molecule has 0 aromatic heterocycles. The van der Waals surface area contributed by atoms with Crippen LogP contribution in [0, 0.1) is 0 Å². The summed E-state index contributed by atoms with van der Waals surface area (Å²) in [5, 5.41) is 0.0448. The quantitative estimate of drug-likeness (QED) is 0.780. The van der Waals surface area contributed by atoms with Gasteiger partial charge < -0.3 is 9.80 Å². The van der Waals surface area contributed by atoms with E-state index in [4.69, 9.17) is 0 Å². The molecule has 0 radical (unpaired) electrons. The van der Waals surface area contributed by atoms with Crippen molar-refractivity contribution in [3.8, 4) is 0 Å². The van der Waals surface area contributed by atoms with Gasteiger partial charge in [-0.2, -0.15) is 12.6 Å². The van der Waals surface area contributed by atoms with Crippen LogP contribution in [0.15, 0.2) is 0 Å². The molecule has 0 aromatic rings. The minimum absolute atomic E-state index is 0.0448. The maximum absolute atomic E-state index is 12.2. The summed E-state index contributed by atoms with van der Waals surface area (Å²) in [6.45, 7) is 8.76. The van der Waals surface area contributed by atoms with E-state index in [-0.39, 0.29) is 10.9 Å². The van der Waals surface area contributed by atoms with Crippen molar-refractivity contribution in [2.24, 2.45) is 0 Å². The van der Waals surface area contributed by atoms with Crippen molar-refractivity contribution in [1.82, 2.24) is 9.80 Å². The summed E-state index contributed by atoms with van der Waals surface area (Å²) >= 11 is 4.54. The fraction of sp³-hybridized carbons (Fsp3) is 0.929. The van der Waals surface area contributed by atoms with Gasteiger partial charge in [0, 0.05) is 31.1 Å². The fourth-order valence-electron chi connectivity index (χ4n) is 3.63.